The molecule has 0 bridgehead atoms. The number of thioether (sulfide) groups is 1. The zero-order chi connectivity index (χ0) is 23.3. The van der Waals surface area contributed by atoms with Crippen LogP contribution in [0.25, 0.3) is 22.3 Å². The average Bonchev–Trinajstić information content (AvgIpc) is 2.89. The van der Waals surface area contributed by atoms with E-state index in [-0.39, 0.29) is 5.56 Å². The van der Waals surface area contributed by atoms with Gasteiger partial charge in [0.25, 0.3) is 5.56 Å². The molecule has 0 aliphatic carbocycles. The van der Waals surface area contributed by atoms with Crippen molar-refractivity contribution in [1.29, 1.82) is 0 Å². The molecule has 0 amide bonds. The van der Waals surface area contributed by atoms with Crippen LogP contribution in [0.1, 0.15) is 11.1 Å². The number of thiocarbonyl (C=S) groups is 1. The van der Waals surface area contributed by atoms with Crippen LogP contribution in [0, 0.1) is 0 Å². The largest absolute Gasteiger partial charge is 0.355 e. The first kappa shape index (κ1) is 22.8. The number of hydrogen-bond acceptors (Lipinski definition) is 5. The van der Waals surface area contributed by atoms with Crippen LogP contribution in [-0.2, 0) is 12.3 Å². The van der Waals surface area contributed by atoms with E-state index in [2.05, 4.69) is 50.1 Å². The minimum Gasteiger partial charge on any atom is -0.355 e. The van der Waals surface area contributed by atoms with Gasteiger partial charge in [-0.3, -0.25) is 9.69 Å². The molecule has 3 aromatic carbocycles. The number of aromatic amines is 1. The summed E-state index contributed by atoms with van der Waals surface area (Å²) in [5.41, 5.74) is 3.91. The fraction of sp³-hybridized carbons (Fsp3) is 0.222. The Hall–Kier alpha value is -3.00. The van der Waals surface area contributed by atoms with Gasteiger partial charge in [-0.1, -0.05) is 90.7 Å². The molecule has 4 aromatic rings. The number of rotatable bonds is 5. The third-order valence-corrected chi connectivity index (χ3v) is 7.65. The Morgan fingerprint density at radius 2 is 1.62 bits per heavy atom. The van der Waals surface area contributed by atoms with Gasteiger partial charge in [-0.25, -0.2) is 4.98 Å². The SMILES string of the molecule is O=c1[nH]c(-c2ccccc2)nc2ccc(CSC(=S)N3CCN(Cc4ccccc4)CC3)cc12. The van der Waals surface area contributed by atoms with Crippen molar-refractivity contribution in [2.75, 3.05) is 26.2 Å². The Labute approximate surface area is 208 Å². The molecular formula is C27H26N4OS2. The number of aromatic nitrogens is 2. The molecule has 0 unspecified atom stereocenters. The van der Waals surface area contributed by atoms with Crippen molar-refractivity contribution in [1.82, 2.24) is 19.8 Å². The average molecular weight is 487 g/mol. The molecule has 0 saturated carbocycles. The van der Waals surface area contributed by atoms with Crippen molar-refractivity contribution in [3.8, 4) is 11.4 Å². The van der Waals surface area contributed by atoms with Crippen molar-refractivity contribution in [2.24, 2.45) is 0 Å². The van der Waals surface area contributed by atoms with E-state index in [1.807, 2.05) is 48.5 Å². The maximum Gasteiger partial charge on any atom is 0.259 e. The fourth-order valence-corrected chi connectivity index (χ4v) is 5.37. The summed E-state index contributed by atoms with van der Waals surface area (Å²) in [6, 6.07) is 26.2. The number of nitrogens with zero attached hydrogens (tertiary/aromatic N) is 3. The van der Waals surface area contributed by atoms with Crippen molar-refractivity contribution in [3.63, 3.8) is 0 Å². The van der Waals surface area contributed by atoms with Gasteiger partial charge in [0.05, 0.1) is 10.9 Å². The molecule has 172 valence electrons. The topological polar surface area (TPSA) is 52.2 Å². The summed E-state index contributed by atoms with van der Waals surface area (Å²) in [6.07, 6.45) is 0. The normalized spacial score (nSPS) is 14.4. The Kier molecular flexibility index (Phi) is 7.04. The lowest BCUT2D eigenvalue weighted by molar-refractivity contribution is 0.179. The number of nitrogens with one attached hydrogen (secondary N) is 1. The number of H-pyrrole nitrogens is 1. The Morgan fingerprint density at radius 1 is 0.912 bits per heavy atom. The number of benzene rings is 3. The van der Waals surface area contributed by atoms with Gasteiger partial charge in [0.2, 0.25) is 0 Å². The zero-order valence-electron chi connectivity index (χ0n) is 18.8. The lowest BCUT2D eigenvalue weighted by Gasteiger charge is -2.35. The summed E-state index contributed by atoms with van der Waals surface area (Å²) in [5, 5.41) is 0.609. The predicted molar refractivity (Wildman–Crippen MR) is 145 cm³/mol. The van der Waals surface area contributed by atoms with Crippen LogP contribution >= 0.6 is 24.0 Å². The standard InChI is InChI=1S/C27H26N4OS2/c32-26-23-17-21(11-12-24(23)28-25(29-26)22-9-5-2-6-10-22)19-34-27(33)31-15-13-30(14-16-31)18-20-7-3-1-4-8-20/h1-12,17H,13-16,18-19H2,(H,28,29,32). The molecule has 1 aromatic heterocycles. The highest BCUT2D eigenvalue weighted by atomic mass is 32.2. The van der Waals surface area contributed by atoms with Crippen molar-refractivity contribution >= 4 is 39.2 Å². The number of hydrogen-bond donors (Lipinski definition) is 1. The summed E-state index contributed by atoms with van der Waals surface area (Å²) >= 11 is 7.39. The van der Waals surface area contributed by atoms with Crippen molar-refractivity contribution in [2.45, 2.75) is 12.3 Å². The van der Waals surface area contributed by atoms with Crippen LogP contribution in [0.5, 0.6) is 0 Å². The third kappa shape index (κ3) is 5.38. The Bertz CT molecular complexity index is 1330. The van der Waals surface area contributed by atoms with E-state index in [9.17, 15) is 4.79 Å². The summed E-state index contributed by atoms with van der Waals surface area (Å²) in [5.74, 6) is 1.33. The smallest absolute Gasteiger partial charge is 0.259 e. The second-order valence-electron chi connectivity index (χ2n) is 8.44. The quantitative estimate of drug-likeness (QED) is 0.404. The van der Waals surface area contributed by atoms with Gasteiger partial charge in [0, 0.05) is 44.0 Å². The van der Waals surface area contributed by atoms with Crippen molar-refractivity contribution < 1.29 is 0 Å². The van der Waals surface area contributed by atoms with E-state index in [4.69, 9.17) is 12.2 Å². The summed E-state index contributed by atoms with van der Waals surface area (Å²) in [4.78, 5) is 25.1. The summed E-state index contributed by atoms with van der Waals surface area (Å²) in [7, 11) is 0. The van der Waals surface area contributed by atoms with Gasteiger partial charge >= 0.3 is 0 Å². The molecule has 1 aliphatic rings. The van der Waals surface area contributed by atoms with Gasteiger partial charge in [0.1, 0.15) is 10.1 Å². The molecule has 34 heavy (non-hydrogen) atoms. The van der Waals surface area contributed by atoms with Gasteiger partial charge in [-0.05, 0) is 23.3 Å². The van der Waals surface area contributed by atoms with E-state index in [1.54, 1.807) is 11.8 Å². The van der Waals surface area contributed by atoms with E-state index < -0.39 is 0 Å². The highest BCUT2D eigenvalue weighted by Crippen LogP contribution is 2.22. The summed E-state index contributed by atoms with van der Waals surface area (Å²) < 4.78 is 0.922. The van der Waals surface area contributed by atoms with E-state index in [0.29, 0.717) is 16.7 Å². The highest BCUT2D eigenvalue weighted by molar-refractivity contribution is 8.22. The van der Waals surface area contributed by atoms with Gasteiger partial charge in [0.15, 0.2) is 0 Å². The first-order valence-electron chi connectivity index (χ1n) is 11.4. The van der Waals surface area contributed by atoms with Crippen LogP contribution in [0.4, 0.5) is 0 Å². The minimum atomic E-state index is -0.118. The maximum absolute atomic E-state index is 12.7. The molecule has 1 aliphatic heterocycles. The molecule has 1 saturated heterocycles. The Morgan fingerprint density at radius 3 is 2.35 bits per heavy atom. The lowest BCUT2D eigenvalue weighted by Crippen LogP contribution is -2.47. The van der Waals surface area contributed by atoms with Crippen molar-refractivity contribution in [3.05, 3.63) is 100 Å². The van der Waals surface area contributed by atoms with Crippen LogP contribution in [0.3, 0.4) is 0 Å². The van der Waals surface area contributed by atoms with Gasteiger partial charge in [-0.2, -0.15) is 0 Å². The maximum atomic E-state index is 12.7. The molecule has 0 spiro atoms. The molecule has 2 heterocycles. The molecule has 0 atom stereocenters. The first-order valence-corrected chi connectivity index (χ1v) is 12.8. The third-order valence-electron chi connectivity index (χ3n) is 6.06. The molecule has 5 nitrogen and oxygen atoms in total. The zero-order valence-corrected chi connectivity index (χ0v) is 20.4. The first-order chi connectivity index (χ1) is 16.7. The molecule has 0 radical (unpaired) electrons. The Balaban J connectivity index is 1.18. The number of fused-ring (bicyclic) bond motifs is 1. The van der Waals surface area contributed by atoms with Gasteiger partial charge in [-0.15, -0.1) is 0 Å². The minimum absolute atomic E-state index is 0.118. The lowest BCUT2D eigenvalue weighted by atomic mass is 10.1. The fourth-order valence-electron chi connectivity index (χ4n) is 4.17. The van der Waals surface area contributed by atoms with E-state index >= 15 is 0 Å². The molecule has 1 N–H and O–H groups in total. The molecule has 7 heteroatoms. The van der Waals surface area contributed by atoms with E-state index in [0.717, 1.165) is 53.9 Å². The second-order valence-corrected chi connectivity index (χ2v) is 10.0. The number of piperazine rings is 1. The van der Waals surface area contributed by atoms with E-state index in [1.165, 1.54) is 5.56 Å². The second kappa shape index (κ2) is 10.5. The molecule has 5 rings (SSSR count). The highest BCUT2D eigenvalue weighted by Gasteiger charge is 2.19. The predicted octanol–water partition coefficient (Wildman–Crippen LogP) is 4.93. The monoisotopic (exact) mass is 486 g/mol. The van der Waals surface area contributed by atoms with Crippen LogP contribution < -0.4 is 5.56 Å². The van der Waals surface area contributed by atoms with Crippen LogP contribution in [0.15, 0.2) is 83.7 Å². The molecular weight excluding hydrogens is 460 g/mol. The van der Waals surface area contributed by atoms with Gasteiger partial charge < -0.3 is 9.88 Å². The summed E-state index contributed by atoms with van der Waals surface area (Å²) in [6.45, 7) is 4.90. The van der Waals surface area contributed by atoms with Crippen LogP contribution in [0.2, 0.25) is 0 Å². The molecule has 1 fully saturated rings. The van der Waals surface area contributed by atoms with Crippen LogP contribution in [-0.4, -0.2) is 50.3 Å².